The molecule has 2 amide bonds. The third-order valence-electron chi connectivity index (χ3n) is 3.86. The molecule has 0 fully saturated rings. The Hall–Kier alpha value is -3.08. The molecule has 1 atom stereocenters. The summed E-state index contributed by atoms with van der Waals surface area (Å²) in [6, 6.07) is 3.68. The van der Waals surface area contributed by atoms with Crippen molar-refractivity contribution in [2.75, 3.05) is 7.11 Å². The van der Waals surface area contributed by atoms with E-state index in [9.17, 15) is 19.6 Å². The molecule has 146 valence electrons. The summed E-state index contributed by atoms with van der Waals surface area (Å²) < 4.78 is 11.4. The van der Waals surface area contributed by atoms with E-state index in [1.165, 1.54) is 13.0 Å². The van der Waals surface area contributed by atoms with Crippen molar-refractivity contribution in [3.63, 3.8) is 0 Å². The van der Waals surface area contributed by atoms with E-state index in [0.717, 1.165) is 30.6 Å². The number of ether oxygens (including phenoxy) is 2. The summed E-state index contributed by atoms with van der Waals surface area (Å²) in [5.74, 6) is -1.34. The highest BCUT2D eigenvalue weighted by Crippen LogP contribution is 2.20. The van der Waals surface area contributed by atoms with Crippen LogP contribution in [0.1, 0.15) is 37.7 Å². The first-order chi connectivity index (χ1) is 12.6. The lowest BCUT2D eigenvalue weighted by Crippen LogP contribution is -2.39. The first-order valence-corrected chi connectivity index (χ1v) is 8.49. The summed E-state index contributed by atoms with van der Waals surface area (Å²) >= 11 is 0. The Labute approximate surface area is 158 Å². The number of hydrogen-bond donors (Lipinski definition) is 1. The lowest BCUT2D eigenvalue weighted by atomic mass is 10.1. The molecule has 0 unspecified atom stereocenters. The number of carbonyl (C=O) groups is 3. The smallest absolute Gasteiger partial charge is 0.413 e. The van der Waals surface area contributed by atoms with Crippen LogP contribution in [0.5, 0.6) is 0 Å². The summed E-state index contributed by atoms with van der Waals surface area (Å²) in [5, 5.41) is 11.2. The van der Waals surface area contributed by atoms with Crippen molar-refractivity contribution in [2.24, 2.45) is 5.92 Å². The van der Waals surface area contributed by atoms with E-state index < -0.39 is 24.1 Å². The second kappa shape index (κ2) is 9.57. The van der Waals surface area contributed by atoms with E-state index in [1.54, 1.807) is 6.07 Å². The van der Waals surface area contributed by atoms with Gasteiger partial charge in [-0.3, -0.25) is 10.1 Å². The predicted molar refractivity (Wildman–Crippen MR) is 98.4 cm³/mol. The maximum atomic E-state index is 12.2. The van der Waals surface area contributed by atoms with E-state index in [4.69, 9.17) is 4.74 Å². The summed E-state index contributed by atoms with van der Waals surface area (Å²) in [4.78, 5) is 35.0. The van der Waals surface area contributed by atoms with Gasteiger partial charge in [-0.25, -0.2) is 9.59 Å². The number of hydrogen-bond acceptors (Lipinski definition) is 6. The van der Waals surface area contributed by atoms with Gasteiger partial charge in [-0.05, 0) is 44.4 Å². The zero-order valence-corrected chi connectivity index (χ0v) is 16.5. The maximum Gasteiger partial charge on any atom is 0.413 e. The molecule has 27 heavy (non-hydrogen) atoms. The Morgan fingerprint density at radius 2 is 1.93 bits per heavy atom. The second-order valence-electron chi connectivity index (χ2n) is 6.53. The third kappa shape index (κ3) is 5.99. The Kier molecular flexibility index (Phi) is 7.79. The normalized spacial score (nSPS) is 12.3. The van der Waals surface area contributed by atoms with Crippen LogP contribution in [0.3, 0.4) is 0 Å². The number of aryl methyl sites for hydroxylation is 1. The number of imide groups is 1. The molecule has 0 aliphatic heterocycles. The molecule has 1 aromatic rings. The molecule has 0 spiro atoms. The van der Waals surface area contributed by atoms with Gasteiger partial charge in [0.15, 0.2) is 6.10 Å². The van der Waals surface area contributed by atoms with Gasteiger partial charge in [-0.2, -0.15) is 5.26 Å². The number of rotatable bonds is 6. The lowest BCUT2D eigenvalue weighted by Gasteiger charge is -2.12. The summed E-state index contributed by atoms with van der Waals surface area (Å²) in [6.07, 6.45) is -0.787. The first kappa shape index (κ1) is 22.0. The predicted octanol–water partition coefficient (Wildman–Crippen LogP) is 2.48. The van der Waals surface area contributed by atoms with Gasteiger partial charge in [0.2, 0.25) is 0 Å². The van der Waals surface area contributed by atoms with Crippen LogP contribution in [0.2, 0.25) is 0 Å². The van der Waals surface area contributed by atoms with Crippen molar-refractivity contribution in [2.45, 2.75) is 47.3 Å². The number of nitriles is 1. The fraction of sp³-hybridized carbons (Fsp3) is 0.474. The minimum Gasteiger partial charge on any atom is -0.453 e. The fourth-order valence-corrected chi connectivity index (χ4v) is 2.44. The second-order valence-corrected chi connectivity index (χ2v) is 6.53. The quantitative estimate of drug-likeness (QED) is 0.465. The van der Waals surface area contributed by atoms with Crippen LogP contribution < -0.4 is 5.32 Å². The van der Waals surface area contributed by atoms with Crippen LogP contribution in [0.25, 0.3) is 6.08 Å². The highest BCUT2D eigenvalue weighted by atomic mass is 16.6. The van der Waals surface area contributed by atoms with Crippen LogP contribution in [0.4, 0.5) is 4.79 Å². The molecule has 0 aromatic carbocycles. The molecule has 0 aliphatic rings. The molecule has 0 saturated heterocycles. The topological polar surface area (TPSA) is 110 Å². The number of esters is 1. The standard InChI is InChI=1S/C19H25N3O5/c1-11(2)10-22-12(3)7-15(13(22)4)8-16(9-20)18(24)27-14(5)17(23)21-19(25)26-6/h7-8,11,14H,10H2,1-6H3,(H,21,23,25)/b16-8+/t14-/m0/s1. The van der Waals surface area contributed by atoms with Crippen LogP contribution in [-0.2, 0) is 25.6 Å². The first-order valence-electron chi connectivity index (χ1n) is 8.49. The van der Waals surface area contributed by atoms with E-state index >= 15 is 0 Å². The van der Waals surface area contributed by atoms with Gasteiger partial charge < -0.3 is 14.0 Å². The van der Waals surface area contributed by atoms with Gasteiger partial charge in [0.05, 0.1) is 7.11 Å². The van der Waals surface area contributed by atoms with Crippen molar-refractivity contribution >= 4 is 24.0 Å². The molecular weight excluding hydrogens is 350 g/mol. The molecular formula is C19H25N3O5. The van der Waals surface area contributed by atoms with Gasteiger partial charge in [0, 0.05) is 17.9 Å². The molecule has 1 aromatic heterocycles. The van der Waals surface area contributed by atoms with Crippen molar-refractivity contribution in [3.8, 4) is 6.07 Å². The molecule has 1 heterocycles. The fourth-order valence-electron chi connectivity index (χ4n) is 2.44. The van der Waals surface area contributed by atoms with Crippen molar-refractivity contribution in [3.05, 3.63) is 28.6 Å². The summed E-state index contributed by atoms with van der Waals surface area (Å²) in [6.45, 7) is 10.2. The number of alkyl carbamates (subject to hydrolysis) is 1. The number of carbonyl (C=O) groups excluding carboxylic acids is 3. The highest BCUT2D eigenvalue weighted by molar-refractivity contribution is 6.00. The number of nitrogens with one attached hydrogen (secondary N) is 1. The SMILES string of the molecule is COC(=O)NC(=O)[C@H](C)OC(=O)/C(C#N)=C/c1cc(C)n(CC(C)C)c1C. The minimum atomic E-state index is -1.26. The molecule has 0 aliphatic carbocycles. The summed E-state index contributed by atoms with van der Waals surface area (Å²) in [5.41, 5.74) is 2.44. The van der Waals surface area contributed by atoms with Crippen LogP contribution >= 0.6 is 0 Å². The Balaban J connectivity index is 2.98. The molecule has 0 bridgehead atoms. The van der Waals surface area contributed by atoms with E-state index in [2.05, 4.69) is 23.2 Å². The molecule has 1 N–H and O–H groups in total. The monoisotopic (exact) mass is 375 g/mol. The number of methoxy groups -OCH3 is 1. The number of aromatic nitrogens is 1. The Morgan fingerprint density at radius 1 is 1.30 bits per heavy atom. The van der Waals surface area contributed by atoms with Crippen LogP contribution in [-0.4, -0.2) is 35.8 Å². The third-order valence-corrected chi connectivity index (χ3v) is 3.86. The maximum absolute atomic E-state index is 12.2. The van der Waals surface area contributed by atoms with Crippen LogP contribution in [0.15, 0.2) is 11.6 Å². The van der Waals surface area contributed by atoms with E-state index in [-0.39, 0.29) is 5.57 Å². The van der Waals surface area contributed by atoms with Gasteiger partial charge in [-0.1, -0.05) is 13.8 Å². The molecule has 0 radical (unpaired) electrons. The lowest BCUT2D eigenvalue weighted by molar-refractivity contribution is -0.150. The van der Waals surface area contributed by atoms with Crippen molar-refractivity contribution in [1.29, 1.82) is 5.26 Å². The summed E-state index contributed by atoms with van der Waals surface area (Å²) in [7, 11) is 1.10. The molecule has 0 saturated carbocycles. The van der Waals surface area contributed by atoms with E-state index in [0.29, 0.717) is 5.92 Å². The number of nitrogens with zero attached hydrogens (tertiary/aromatic N) is 2. The van der Waals surface area contributed by atoms with Gasteiger partial charge in [0.25, 0.3) is 5.91 Å². The van der Waals surface area contributed by atoms with Crippen LogP contribution in [0, 0.1) is 31.1 Å². The van der Waals surface area contributed by atoms with Gasteiger partial charge in [0.1, 0.15) is 11.6 Å². The van der Waals surface area contributed by atoms with Crippen molar-refractivity contribution < 1.29 is 23.9 Å². The largest absolute Gasteiger partial charge is 0.453 e. The zero-order chi connectivity index (χ0) is 20.7. The molecule has 8 heteroatoms. The minimum absolute atomic E-state index is 0.238. The molecule has 8 nitrogen and oxygen atoms in total. The van der Waals surface area contributed by atoms with E-state index in [1.807, 2.05) is 25.2 Å². The Morgan fingerprint density at radius 3 is 2.44 bits per heavy atom. The Bertz CT molecular complexity index is 799. The van der Waals surface area contributed by atoms with Gasteiger partial charge >= 0.3 is 12.1 Å². The van der Waals surface area contributed by atoms with Crippen molar-refractivity contribution in [1.82, 2.24) is 9.88 Å². The number of amides is 2. The molecule has 1 rings (SSSR count). The zero-order valence-electron chi connectivity index (χ0n) is 16.5. The average Bonchev–Trinajstić information content (AvgIpc) is 2.86. The highest BCUT2D eigenvalue weighted by Gasteiger charge is 2.22. The van der Waals surface area contributed by atoms with Gasteiger partial charge in [-0.15, -0.1) is 0 Å². The average molecular weight is 375 g/mol.